The van der Waals surface area contributed by atoms with Crippen LogP contribution >= 0.6 is 0 Å². The van der Waals surface area contributed by atoms with Gasteiger partial charge in [0.15, 0.2) is 17.3 Å². The van der Waals surface area contributed by atoms with E-state index in [4.69, 9.17) is 25.7 Å². The second kappa shape index (κ2) is 22.7. The Bertz CT molecular complexity index is 1340. The first-order chi connectivity index (χ1) is 24.1. The topological polar surface area (TPSA) is 177 Å². The van der Waals surface area contributed by atoms with Gasteiger partial charge in [-0.2, -0.15) is 4.98 Å². The molecule has 1 saturated heterocycles. The standard InChI is InChI=1S/C37H63FN6O6/c1-4-5-6-7-8-9-10-11-12-13-14-15-16-17-18-19-20-21-22-28(50-36(47)31(39)26(2)3)35(46)48-24-29-27(38)23-30(49-29)44-25-41-32-33(44)42-37(40)43-34(32)45/h25-31H,4-24,39H2,1-3H3,(H3,40,42,43,45)/t27?,28?,29-,30-,31+/m1/s1. The molecule has 0 aliphatic carbocycles. The summed E-state index contributed by atoms with van der Waals surface area (Å²) in [6.07, 6.45) is 19.6. The molecule has 0 amide bonds. The van der Waals surface area contributed by atoms with Crippen LogP contribution in [0.4, 0.5) is 10.3 Å². The van der Waals surface area contributed by atoms with Crippen molar-refractivity contribution >= 4 is 29.1 Å². The van der Waals surface area contributed by atoms with Crippen molar-refractivity contribution < 1.29 is 28.2 Å². The Hall–Kier alpha value is -3.06. The summed E-state index contributed by atoms with van der Waals surface area (Å²) >= 11 is 0. The molecule has 2 unspecified atom stereocenters. The van der Waals surface area contributed by atoms with Gasteiger partial charge >= 0.3 is 11.9 Å². The number of carbonyl (C=O) groups is 2. The molecule has 5 N–H and O–H groups in total. The second-order valence-corrected chi connectivity index (χ2v) is 14.3. The molecule has 5 atom stereocenters. The number of rotatable bonds is 26. The fourth-order valence-corrected chi connectivity index (χ4v) is 6.37. The summed E-state index contributed by atoms with van der Waals surface area (Å²) < 4.78 is 33.3. The summed E-state index contributed by atoms with van der Waals surface area (Å²) in [5.74, 6) is -1.69. The summed E-state index contributed by atoms with van der Waals surface area (Å²) in [7, 11) is 0. The van der Waals surface area contributed by atoms with Crippen LogP contribution in [0, 0.1) is 5.92 Å². The largest absolute Gasteiger partial charge is 0.460 e. The number of fused-ring (bicyclic) bond motifs is 1. The molecule has 50 heavy (non-hydrogen) atoms. The Labute approximate surface area is 297 Å². The maximum absolute atomic E-state index is 15.0. The number of hydrogen-bond donors (Lipinski definition) is 3. The predicted octanol–water partition coefficient (Wildman–Crippen LogP) is 7.20. The van der Waals surface area contributed by atoms with Gasteiger partial charge < -0.3 is 25.7 Å². The van der Waals surface area contributed by atoms with Gasteiger partial charge in [-0.1, -0.05) is 130 Å². The lowest BCUT2D eigenvalue weighted by atomic mass is 10.0. The van der Waals surface area contributed by atoms with Crippen molar-refractivity contribution in [3.8, 4) is 0 Å². The van der Waals surface area contributed by atoms with E-state index in [1.807, 2.05) is 0 Å². The van der Waals surface area contributed by atoms with Crippen LogP contribution in [0.15, 0.2) is 11.1 Å². The van der Waals surface area contributed by atoms with Gasteiger partial charge in [0.1, 0.15) is 31.2 Å². The zero-order valence-corrected chi connectivity index (χ0v) is 30.7. The van der Waals surface area contributed by atoms with Gasteiger partial charge in [-0.3, -0.25) is 19.1 Å². The fraction of sp³-hybridized carbons (Fsp3) is 0.811. The zero-order chi connectivity index (χ0) is 36.3. The number of H-pyrrole nitrogens is 1. The van der Waals surface area contributed by atoms with Crippen LogP contribution in [0.3, 0.4) is 0 Å². The van der Waals surface area contributed by atoms with Crippen molar-refractivity contribution in [1.82, 2.24) is 19.5 Å². The van der Waals surface area contributed by atoms with Gasteiger partial charge in [0.25, 0.3) is 5.56 Å². The third-order valence-electron chi connectivity index (χ3n) is 9.64. The van der Waals surface area contributed by atoms with Gasteiger partial charge in [-0.25, -0.2) is 14.2 Å². The van der Waals surface area contributed by atoms with Crippen LogP contribution < -0.4 is 17.0 Å². The summed E-state index contributed by atoms with van der Waals surface area (Å²) in [4.78, 5) is 48.4. The lowest BCUT2D eigenvalue weighted by Crippen LogP contribution is -2.41. The Morgan fingerprint density at radius 3 is 2.02 bits per heavy atom. The second-order valence-electron chi connectivity index (χ2n) is 14.3. The highest BCUT2D eigenvalue weighted by Crippen LogP contribution is 2.32. The van der Waals surface area contributed by atoms with E-state index in [0.29, 0.717) is 12.8 Å². The molecular weight excluding hydrogens is 643 g/mol. The summed E-state index contributed by atoms with van der Waals surface area (Å²) in [6.45, 7) is 5.49. The molecule has 0 saturated carbocycles. The number of nitrogen functional groups attached to an aromatic ring is 1. The number of esters is 2. The van der Waals surface area contributed by atoms with E-state index in [1.54, 1.807) is 13.8 Å². The predicted molar refractivity (Wildman–Crippen MR) is 193 cm³/mol. The monoisotopic (exact) mass is 706 g/mol. The first-order valence-electron chi connectivity index (χ1n) is 19.3. The van der Waals surface area contributed by atoms with Crippen molar-refractivity contribution in [3.05, 3.63) is 16.7 Å². The summed E-state index contributed by atoms with van der Waals surface area (Å²) in [6, 6.07) is -0.875. The minimum absolute atomic E-state index is 0.0527. The Morgan fingerprint density at radius 1 is 0.940 bits per heavy atom. The number of alkyl halides is 1. The van der Waals surface area contributed by atoms with Gasteiger partial charge in [0.2, 0.25) is 5.95 Å². The third-order valence-corrected chi connectivity index (χ3v) is 9.64. The van der Waals surface area contributed by atoms with Crippen molar-refractivity contribution in [2.24, 2.45) is 11.7 Å². The Balaban J connectivity index is 1.34. The molecule has 2 aromatic rings. The molecule has 1 aliphatic rings. The lowest BCUT2D eigenvalue weighted by molar-refractivity contribution is -0.172. The molecule has 12 nitrogen and oxygen atoms in total. The van der Waals surface area contributed by atoms with Crippen LogP contribution in [0.1, 0.15) is 155 Å². The number of carbonyl (C=O) groups excluding carboxylic acids is 2. The molecule has 0 spiro atoms. The van der Waals surface area contributed by atoms with E-state index in [9.17, 15) is 14.4 Å². The minimum atomic E-state index is -1.46. The van der Waals surface area contributed by atoms with Gasteiger partial charge in [-0.05, 0) is 18.8 Å². The number of nitrogens with zero attached hydrogens (tertiary/aromatic N) is 3. The number of aromatic nitrogens is 4. The number of hydrogen-bond acceptors (Lipinski definition) is 10. The van der Waals surface area contributed by atoms with Crippen molar-refractivity contribution in [3.63, 3.8) is 0 Å². The van der Waals surface area contributed by atoms with E-state index in [1.165, 1.54) is 101 Å². The number of unbranched alkanes of at least 4 members (excludes halogenated alkanes) is 17. The average molecular weight is 707 g/mol. The molecule has 0 aromatic carbocycles. The Kier molecular flexibility index (Phi) is 18.8. The van der Waals surface area contributed by atoms with Crippen molar-refractivity contribution in [2.45, 2.75) is 180 Å². The Morgan fingerprint density at radius 2 is 1.48 bits per heavy atom. The fourth-order valence-electron chi connectivity index (χ4n) is 6.37. The van der Waals surface area contributed by atoms with E-state index >= 15 is 4.39 Å². The number of aromatic amines is 1. The molecule has 284 valence electrons. The molecule has 0 bridgehead atoms. The van der Waals surface area contributed by atoms with E-state index in [0.717, 1.165) is 19.3 Å². The lowest BCUT2D eigenvalue weighted by Gasteiger charge is -2.22. The molecule has 13 heteroatoms. The first kappa shape index (κ1) is 41.4. The molecule has 0 radical (unpaired) electrons. The van der Waals surface area contributed by atoms with Crippen LogP contribution in [0.5, 0.6) is 0 Å². The first-order valence-corrected chi connectivity index (χ1v) is 19.3. The molecule has 3 rings (SSSR count). The van der Waals surface area contributed by atoms with Crippen LogP contribution in [0.25, 0.3) is 11.2 Å². The highest BCUT2D eigenvalue weighted by molar-refractivity contribution is 5.82. The highest BCUT2D eigenvalue weighted by Gasteiger charge is 2.39. The van der Waals surface area contributed by atoms with Gasteiger partial charge in [0.05, 0.1) is 6.33 Å². The van der Waals surface area contributed by atoms with Crippen LogP contribution in [-0.4, -0.2) is 62.5 Å². The van der Waals surface area contributed by atoms with Crippen LogP contribution in [0.2, 0.25) is 0 Å². The molecule has 2 aromatic heterocycles. The normalized spacial score (nSPS) is 18.9. The number of ether oxygens (including phenoxy) is 3. The maximum Gasteiger partial charge on any atom is 0.347 e. The quantitative estimate of drug-likeness (QED) is 0.0670. The number of anilines is 1. The number of nitrogens with two attached hydrogens (primary N) is 2. The van der Waals surface area contributed by atoms with E-state index in [-0.39, 0.29) is 36.1 Å². The molecule has 1 fully saturated rings. The number of imidazole rings is 1. The minimum Gasteiger partial charge on any atom is -0.460 e. The zero-order valence-electron chi connectivity index (χ0n) is 30.7. The molecule has 3 heterocycles. The molecule has 1 aliphatic heterocycles. The maximum atomic E-state index is 15.0. The van der Waals surface area contributed by atoms with Crippen molar-refractivity contribution in [1.29, 1.82) is 0 Å². The number of halogens is 1. The highest BCUT2D eigenvalue weighted by atomic mass is 19.1. The van der Waals surface area contributed by atoms with E-state index < -0.39 is 48.1 Å². The van der Waals surface area contributed by atoms with Gasteiger partial charge in [-0.15, -0.1) is 0 Å². The van der Waals surface area contributed by atoms with Gasteiger partial charge in [0, 0.05) is 6.42 Å². The SMILES string of the molecule is CCCCCCCCCCCCCCCCCCCCC(OC(=O)[C@@H](N)C(C)C)C(=O)OC[C@H]1O[C@@H](n2cnc3c(=O)[nH]c(N)nc32)CC1F. The summed E-state index contributed by atoms with van der Waals surface area (Å²) in [5.41, 5.74) is 11.4. The third kappa shape index (κ3) is 13.9. The average Bonchev–Trinajstić information content (AvgIpc) is 3.68. The smallest absolute Gasteiger partial charge is 0.347 e. The van der Waals surface area contributed by atoms with Crippen molar-refractivity contribution in [2.75, 3.05) is 12.3 Å². The van der Waals surface area contributed by atoms with E-state index in [2.05, 4.69) is 21.9 Å². The van der Waals surface area contributed by atoms with Crippen LogP contribution in [-0.2, 0) is 23.8 Å². The summed E-state index contributed by atoms with van der Waals surface area (Å²) in [5, 5.41) is 0. The number of nitrogens with one attached hydrogen (secondary N) is 1. The molecular formula is C37H63FN6O6.